The predicted molar refractivity (Wildman–Crippen MR) is 112 cm³/mol. The zero-order chi connectivity index (χ0) is 20.9. The third kappa shape index (κ3) is 5.77. The molecule has 0 aliphatic carbocycles. The fourth-order valence-corrected chi connectivity index (χ4v) is 5.01. The van der Waals surface area contributed by atoms with E-state index in [0.29, 0.717) is 12.1 Å². The molecule has 1 aliphatic rings. The third-order valence-electron chi connectivity index (χ3n) is 4.67. The van der Waals surface area contributed by atoms with Gasteiger partial charge < -0.3 is 9.64 Å². The van der Waals surface area contributed by atoms with Crippen molar-refractivity contribution in [1.29, 1.82) is 0 Å². The molecule has 0 bridgehead atoms. The summed E-state index contributed by atoms with van der Waals surface area (Å²) >= 11 is 0. The summed E-state index contributed by atoms with van der Waals surface area (Å²) in [5, 5.41) is 0. The van der Waals surface area contributed by atoms with Crippen LogP contribution in [0.2, 0.25) is 0 Å². The number of hydrogen-bond donors (Lipinski definition) is 0. The molecular weight excluding hydrogens is 390 g/mol. The SMILES string of the molecule is Cc1cccc(/C=C/C(=O)OCC(=O)N(c2ccccc2)[C@H]2CCS(=O)(=O)C2)c1. The van der Waals surface area contributed by atoms with Gasteiger partial charge in [0, 0.05) is 11.8 Å². The van der Waals surface area contributed by atoms with Gasteiger partial charge in [-0.05, 0) is 37.1 Å². The van der Waals surface area contributed by atoms with Gasteiger partial charge in [-0.15, -0.1) is 0 Å². The van der Waals surface area contributed by atoms with Crippen molar-refractivity contribution in [3.05, 3.63) is 71.8 Å². The Balaban J connectivity index is 1.66. The van der Waals surface area contributed by atoms with E-state index in [1.54, 1.807) is 30.3 Å². The Morgan fingerprint density at radius 1 is 1.14 bits per heavy atom. The van der Waals surface area contributed by atoms with Crippen LogP contribution >= 0.6 is 0 Å². The number of hydrogen-bond acceptors (Lipinski definition) is 5. The van der Waals surface area contributed by atoms with E-state index in [9.17, 15) is 18.0 Å². The molecule has 2 aromatic rings. The quantitative estimate of drug-likeness (QED) is 0.537. The molecule has 0 radical (unpaired) electrons. The highest BCUT2D eigenvalue weighted by Crippen LogP contribution is 2.24. The summed E-state index contributed by atoms with van der Waals surface area (Å²) in [7, 11) is -3.17. The number of aryl methyl sites for hydroxylation is 1. The zero-order valence-electron chi connectivity index (χ0n) is 16.2. The molecule has 1 amide bonds. The van der Waals surface area contributed by atoms with Gasteiger partial charge in [0.2, 0.25) is 0 Å². The van der Waals surface area contributed by atoms with Crippen molar-refractivity contribution in [3.8, 4) is 0 Å². The number of carbonyl (C=O) groups excluding carboxylic acids is 2. The normalized spacial score (nSPS) is 17.9. The van der Waals surface area contributed by atoms with Gasteiger partial charge >= 0.3 is 5.97 Å². The van der Waals surface area contributed by atoms with Crippen LogP contribution in [0.25, 0.3) is 6.08 Å². The van der Waals surface area contributed by atoms with Crippen molar-refractivity contribution >= 4 is 33.5 Å². The summed E-state index contributed by atoms with van der Waals surface area (Å²) in [5.74, 6) is -1.12. The second-order valence-corrected chi connectivity index (χ2v) is 9.24. The van der Waals surface area contributed by atoms with E-state index in [0.717, 1.165) is 11.1 Å². The van der Waals surface area contributed by atoms with Gasteiger partial charge in [0.05, 0.1) is 17.5 Å². The van der Waals surface area contributed by atoms with Gasteiger partial charge in [-0.2, -0.15) is 0 Å². The Labute approximate surface area is 170 Å². The Bertz CT molecular complexity index is 1010. The average molecular weight is 413 g/mol. The van der Waals surface area contributed by atoms with E-state index < -0.39 is 34.4 Å². The molecule has 1 aliphatic heterocycles. The maximum Gasteiger partial charge on any atom is 0.331 e. The number of nitrogens with zero attached hydrogens (tertiary/aromatic N) is 1. The highest BCUT2D eigenvalue weighted by molar-refractivity contribution is 7.91. The van der Waals surface area contributed by atoms with Crippen molar-refractivity contribution in [3.63, 3.8) is 0 Å². The van der Waals surface area contributed by atoms with Crippen molar-refractivity contribution in [1.82, 2.24) is 0 Å². The molecule has 7 heteroatoms. The Morgan fingerprint density at radius 2 is 1.90 bits per heavy atom. The molecule has 0 N–H and O–H groups in total. The fourth-order valence-electron chi connectivity index (χ4n) is 3.31. The fraction of sp³-hybridized carbons (Fsp3) is 0.273. The average Bonchev–Trinajstić information content (AvgIpc) is 3.05. The minimum absolute atomic E-state index is 0.0489. The maximum absolute atomic E-state index is 12.8. The molecule has 6 nitrogen and oxygen atoms in total. The van der Waals surface area contributed by atoms with Crippen LogP contribution in [-0.4, -0.2) is 44.4 Å². The van der Waals surface area contributed by atoms with Crippen LogP contribution in [0.3, 0.4) is 0 Å². The van der Waals surface area contributed by atoms with Crippen LogP contribution in [0, 0.1) is 6.92 Å². The van der Waals surface area contributed by atoms with Crippen LogP contribution in [-0.2, 0) is 24.2 Å². The highest BCUT2D eigenvalue weighted by atomic mass is 32.2. The first-order valence-corrected chi connectivity index (χ1v) is 11.2. The van der Waals surface area contributed by atoms with Crippen molar-refractivity contribution in [2.45, 2.75) is 19.4 Å². The van der Waals surface area contributed by atoms with E-state index in [4.69, 9.17) is 4.74 Å². The van der Waals surface area contributed by atoms with Crippen LogP contribution in [0.4, 0.5) is 5.69 Å². The lowest BCUT2D eigenvalue weighted by Gasteiger charge is -2.28. The number of benzene rings is 2. The molecule has 1 atom stereocenters. The molecular formula is C22H23NO5S. The first-order valence-electron chi connectivity index (χ1n) is 9.33. The van der Waals surface area contributed by atoms with Crippen LogP contribution in [0.15, 0.2) is 60.7 Å². The Morgan fingerprint density at radius 3 is 2.55 bits per heavy atom. The summed E-state index contributed by atoms with van der Waals surface area (Å²) in [6.07, 6.45) is 3.26. The van der Waals surface area contributed by atoms with Crippen molar-refractivity contribution < 1.29 is 22.7 Å². The molecule has 2 aromatic carbocycles. The van der Waals surface area contributed by atoms with Crippen molar-refractivity contribution in [2.75, 3.05) is 23.0 Å². The lowest BCUT2D eigenvalue weighted by Crippen LogP contribution is -2.43. The summed E-state index contributed by atoms with van der Waals surface area (Å²) in [6.45, 7) is 1.50. The minimum atomic E-state index is -3.17. The molecule has 152 valence electrons. The van der Waals surface area contributed by atoms with Crippen LogP contribution in [0.5, 0.6) is 0 Å². The molecule has 1 heterocycles. The molecule has 29 heavy (non-hydrogen) atoms. The van der Waals surface area contributed by atoms with Gasteiger partial charge in [-0.3, -0.25) is 4.79 Å². The first-order chi connectivity index (χ1) is 13.8. The second-order valence-electron chi connectivity index (χ2n) is 7.01. The lowest BCUT2D eigenvalue weighted by molar-refractivity contribution is -0.143. The van der Waals surface area contributed by atoms with Gasteiger partial charge in [0.15, 0.2) is 16.4 Å². The number of ether oxygens (including phenoxy) is 1. The van der Waals surface area contributed by atoms with Gasteiger partial charge in [0.1, 0.15) is 0 Å². The van der Waals surface area contributed by atoms with E-state index in [2.05, 4.69) is 0 Å². The zero-order valence-corrected chi connectivity index (χ0v) is 17.0. The standard InChI is InChI=1S/C22H23NO5S/c1-17-6-5-7-18(14-17)10-11-22(25)28-15-21(24)23(19-8-3-2-4-9-19)20-12-13-29(26,27)16-20/h2-11,14,20H,12-13,15-16H2,1H3/b11-10+/t20-/m0/s1. The number of rotatable bonds is 6. The number of carbonyl (C=O) groups is 2. The minimum Gasteiger partial charge on any atom is -0.452 e. The summed E-state index contributed by atoms with van der Waals surface area (Å²) in [6, 6.07) is 16.0. The van der Waals surface area contributed by atoms with Crippen LogP contribution in [0.1, 0.15) is 17.5 Å². The van der Waals surface area contributed by atoms with Gasteiger partial charge in [-0.1, -0.05) is 48.0 Å². The largest absolute Gasteiger partial charge is 0.452 e. The number of anilines is 1. The summed E-state index contributed by atoms with van der Waals surface area (Å²) in [5.41, 5.74) is 2.52. The molecule has 3 rings (SSSR count). The van der Waals surface area contributed by atoms with E-state index in [1.807, 2.05) is 37.3 Å². The molecule has 0 aromatic heterocycles. The number of esters is 1. The predicted octanol–water partition coefficient (Wildman–Crippen LogP) is 2.77. The summed E-state index contributed by atoms with van der Waals surface area (Å²) in [4.78, 5) is 26.2. The monoisotopic (exact) mass is 413 g/mol. The first kappa shape index (κ1) is 20.8. The Kier molecular flexibility index (Phi) is 6.49. The molecule has 1 fully saturated rings. The lowest BCUT2D eigenvalue weighted by atomic mass is 10.1. The molecule has 0 spiro atoms. The maximum atomic E-state index is 12.8. The van der Waals surface area contributed by atoms with Crippen LogP contribution < -0.4 is 4.90 Å². The van der Waals surface area contributed by atoms with Gasteiger partial charge in [0.25, 0.3) is 5.91 Å². The number of sulfone groups is 1. The van der Waals surface area contributed by atoms with E-state index in [1.165, 1.54) is 11.0 Å². The van der Waals surface area contributed by atoms with Gasteiger partial charge in [-0.25, -0.2) is 13.2 Å². The van der Waals surface area contributed by atoms with E-state index >= 15 is 0 Å². The third-order valence-corrected chi connectivity index (χ3v) is 6.42. The second kappa shape index (κ2) is 9.05. The molecule has 0 unspecified atom stereocenters. The number of para-hydroxylation sites is 1. The topological polar surface area (TPSA) is 80.8 Å². The van der Waals surface area contributed by atoms with Crippen molar-refractivity contribution in [2.24, 2.45) is 0 Å². The molecule has 1 saturated heterocycles. The Hall–Kier alpha value is -2.93. The summed E-state index contributed by atoms with van der Waals surface area (Å²) < 4.78 is 28.9. The number of amides is 1. The smallest absolute Gasteiger partial charge is 0.331 e. The van der Waals surface area contributed by atoms with E-state index in [-0.39, 0.29) is 11.5 Å². The highest BCUT2D eigenvalue weighted by Gasteiger charge is 2.35. The molecule has 0 saturated carbocycles.